The molecule has 3 N–H and O–H groups in total. The minimum Gasteiger partial charge on any atom is -0.488 e. The number of ether oxygens (including phenoxy) is 2. The van der Waals surface area contributed by atoms with Gasteiger partial charge in [-0.2, -0.15) is 0 Å². The number of nitrogen functional groups attached to an aromatic ring is 1. The first-order chi connectivity index (χ1) is 13.4. The summed E-state index contributed by atoms with van der Waals surface area (Å²) in [5.74, 6) is -0.253. The van der Waals surface area contributed by atoms with Crippen LogP contribution in [0.2, 0.25) is 0 Å². The molecule has 0 bridgehead atoms. The molecule has 0 radical (unpaired) electrons. The summed E-state index contributed by atoms with van der Waals surface area (Å²) in [6.45, 7) is 6.27. The van der Waals surface area contributed by atoms with Crippen LogP contribution < -0.4 is 15.8 Å². The van der Waals surface area contributed by atoms with Crippen molar-refractivity contribution in [1.82, 2.24) is 5.32 Å². The molecule has 0 aliphatic heterocycles. The molecule has 2 aromatic carbocycles. The van der Waals surface area contributed by atoms with E-state index in [2.05, 4.69) is 5.32 Å². The first-order valence-electron chi connectivity index (χ1n) is 9.44. The van der Waals surface area contributed by atoms with Crippen molar-refractivity contribution in [2.24, 2.45) is 5.92 Å². The number of esters is 1. The van der Waals surface area contributed by atoms with Crippen LogP contribution in [0.15, 0.2) is 48.5 Å². The number of carbonyl (C=O) groups excluding carboxylic acids is 2. The highest BCUT2D eigenvalue weighted by Crippen LogP contribution is 2.23. The summed E-state index contributed by atoms with van der Waals surface area (Å²) in [6, 6.07) is 13.8. The molecule has 0 aromatic heterocycles. The van der Waals surface area contributed by atoms with Gasteiger partial charge in [-0.15, -0.1) is 0 Å². The van der Waals surface area contributed by atoms with Crippen LogP contribution >= 0.6 is 0 Å². The molecule has 1 unspecified atom stereocenters. The van der Waals surface area contributed by atoms with Crippen molar-refractivity contribution in [3.8, 4) is 5.75 Å². The molecular formula is C22H28N2O4. The quantitative estimate of drug-likeness (QED) is 0.510. The van der Waals surface area contributed by atoms with E-state index in [9.17, 15) is 9.59 Å². The maximum absolute atomic E-state index is 12.8. The summed E-state index contributed by atoms with van der Waals surface area (Å²) in [4.78, 5) is 25.1. The number of benzene rings is 2. The van der Waals surface area contributed by atoms with Gasteiger partial charge in [0.1, 0.15) is 18.4 Å². The summed E-state index contributed by atoms with van der Waals surface area (Å²) in [6.07, 6.45) is 0.486. The Kier molecular flexibility index (Phi) is 7.87. The van der Waals surface area contributed by atoms with Crippen LogP contribution in [0.5, 0.6) is 5.75 Å². The molecule has 0 saturated carbocycles. The third kappa shape index (κ3) is 6.30. The predicted octanol–water partition coefficient (Wildman–Crippen LogP) is 3.56. The second kappa shape index (κ2) is 10.3. The molecular weight excluding hydrogens is 356 g/mol. The molecule has 1 atom stereocenters. The Hall–Kier alpha value is -3.02. The van der Waals surface area contributed by atoms with Gasteiger partial charge in [-0.1, -0.05) is 44.2 Å². The molecule has 0 aliphatic rings. The summed E-state index contributed by atoms with van der Waals surface area (Å²) in [5.41, 5.74) is 7.65. The lowest BCUT2D eigenvalue weighted by atomic mass is 10.0. The van der Waals surface area contributed by atoms with Gasteiger partial charge in [0, 0.05) is 11.8 Å². The third-order valence-electron chi connectivity index (χ3n) is 4.07. The zero-order chi connectivity index (χ0) is 20.5. The van der Waals surface area contributed by atoms with Crippen molar-refractivity contribution in [3.05, 3.63) is 59.7 Å². The van der Waals surface area contributed by atoms with Crippen molar-refractivity contribution >= 4 is 17.6 Å². The number of anilines is 1. The smallest absolute Gasteiger partial charge is 0.328 e. The van der Waals surface area contributed by atoms with Gasteiger partial charge >= 0.3 is 5.97 Å². The van der Waals surface area contributed by atoms with E-state index >= 15 is 0 Å². The van der Waals surface area contributed by atoms with Crippen molar-refractivity contribution in [3.63, 3.8) is 0 Å². The average Bonchev–Trinajstić information content (AvgIpc) is 2.66. The number of nitrogens with one attached hydrogen (secondary N) is 1. The van der Waals surface area contributed by atoms with Crippen LogP contribution in [0.4, 0.5) is 5.69 Å². The van der Waals surface area contributed by atoms with Crippen LogP contribution in [-0.2, 0) is 16.1 Å². The fourth-order valence-electron chi connectivity index (χ4n) is 2.75. The Morgan fingerprint density at radius 1 is 1.11 bits per heavy atom. The van der Waals surface area contributed by atoms with E-state index in [-0.39, 0.29) is 12.5 Å². The predicted molar refractivity (Wildman–Crippen MR) is 109 cm³/mol. The lowest BCUT2D eigenvalue weighted by Crippen LogP contribution is -2.42. The Balaban J connectivity index is 2.17. The first-order valence-corrected chi connectivity index (χ1v) is 9.44. The lowest BCUT2D eigenvalue weighted by molar-refractivity contribution is -0.145. The SMILES string of the molecule is CCOC(=O)C(CC(C)C)NC(=O)c1ccc(N)cc1OCc1ccccc1. The summed E-state index contributed by atoms with van der Waals surface area (Å²) in [5, 5.41) is 2.77. The topological polar surface area (TPSA) is 90.7 Å². The van der Waals surface area contributed by atoms with Crippen LogP contribution in [0, 0.1) is 5.92 Å². The maximum atomic E-state index is 12.8. The molecule has 28 heavy (non-hydrogen) atoms. The van der Waals surface area contributed by atoms with Gasteiger partial charge in [-0.3, -0.25) is 4.79 Å². The fourth-order valence-corrected chi connectivity index (χ4v) is 2.75. The number of nitrogens with two attached hydrogens (primary N) is 1. The Morgan fingerprint density at radius 2 is 1.82 bits per heavy atom. The van der Waals surface area contributed by atoms with E-state index in [1.165, 1.54) is 0 Å². The van der Waals surface area contributed by atoms with E-state index in [4.69, 9.17) is 15.2 Å². The van der Waals surface area contributed by atoms with Crippen molar-refractivity contribution in [1.29, 1.82) is 0 Å². The molecule has 2 rings (SSSR count). The summed E-state index contributed by atoms with van der Waals surface area (Å²) < 4.78 is 10.9. The minimum atomic E-state index is -0.716. The van der Waals surface area contributed by atoms with Gasteiger partial charge in [0.15, 0.2) is 0 Å². The summed E-state index contributed by atoms with van der Waals surface area (Å²) in [7, 11) is 0. The molecule has 6 nitrogen and oxygen atoms in total. The standard InChI is InChI=1S/C22H28N2O4/c1-4-27-22(26)19(12-15(2)3)24-21(25)18-11-10-17(23)13-20(18)28-14-16-8-6-5-7-9-16/h5-11,13,15,19H,4,12,14,23H2,1-3H3,(H,24,25). The van der Waals surface area contributed by atoms with Gasteiger partial charge in [0.05, 0.1) is 12.2 Å². The highest BCUT2D eigenvalue weighted by Gasteiger charge is 2.25. The first kappa shape index (κ1) is 21.3. The second-order valence-corrected chi connectivity index (χ2v) is 6.94. The van der Waals surface area contributed by atoms with E-state index < -0.39 is 17.9 Å². The van der Waals surface area contributed by atoms with E-state index in [1.807, 2.05) is 44.2 Å². The highest BCUT2D eigenvalue weighted by atomic mass is 16.5. The zero-order valence-electron chi connectivity index (χ0n) is 16.6. The molecule has 6 heteroatoms. The van der Waals surface area contributed by atoms with Gasteiger partial charge in [0.2, 0.25) is 0 Å². The van der Waals surface area contributed by atoms with E-state index in [1.54, 1.807) is 25.1 Å². The van der Waals surface area contributed by atoms with Gasteiger partial charge in [0.25, 0.3) is 5.91 Å². The van der Waals surface area contributed by atoms with Gasteiger partial charge in [-0.05, 0) is 37.0 Å². The van der Waals surface area contributed by atoms with Crippen LogP contribution in [-0.4, -0.2) is 24.5 Å². The van der Waals surface area contributed by atoms with E-state index in [0.717, 1.165) is 5.56 Å². The Bertz CT molecular complexity index is 790. The molecule has 2 aromatic rings. The van der Waals surface area contributed by atoms with Crippen molar-refractivity contribution in [2.45, 2.75) is 39.8 Å². The molecule has 0 saturated heterocycles. The number of amides is 1. The fraction of sp³-hybridized carbons (Fsp3) is 0.364. The zero-order valence-corrected chi connectivity index (χ0v) is 16.6. The number of hydrogen-bond acceptors (Lipinski definition) is 5. The molecule has 0 heterocycles. The lowest BCUT2D eigenvalue weighted by Gasteiger charge is -2.20. The van der Waals surface area contributed by atoms with Crippen LogP contribution in [0.1, 0.15) is 43.1 Å². The highest BCUT2D eigenvalue weighted by molar-refractivity contribution is 5.99. The third-order valence-corrected chi connectivity index (χ3v) is 4.07. The maximum Gasteiger partial charge on any atom is 0.328 e. The molecule has 0 aliphatic carbocycles. The minimum absolute atomic E-state index is 0.218. The van der Waals surface area contributed by atoms with Gasteiger partial charge in [-0.25, -0.2) is 4.79 Å². The van der Waals surface area contributed by atoms with E-state index in [0.29, 0.717) is 30.0 Å². The normalized spacial score (nSPS) is 11.7. The number of rotatable bonds is 9. The summed E-state index contributed by atoms with van der Waals surface area (Å²) >= 11 is 0. The van der Waals surface area contributed by atoms with Crippen molar-refractivity contribution in [2.75, 3.05) is 12.3 Å². The number of hydrogen-bond donors (Lipinski definition) is 2. The monoisotopic (exact) mass is 384 g/mol. The van der Waals surface area contributed by atoms with Crippen LogP contribution in [0.25, 0.3) is 0 Å². The molecule has 0 fully saturated rings. The number of carbonyl (C=O) groups is 2. The Labute approximate surface area is 166 Å². The Morgan fingerprint density at radius 3 is 2.46 bits per heavy atom. The molecule has 1 amide bonds. The van der Waals surface area contributed by atoms with Crippen molar-refractivity contribution < 1.29 is 19.1 Å². The molecule has 150 valence electrons. The molecule has 0 spiro atoms. The second-order valence-electron chi connectivity index (χ2n) is 6.94. The largest absolute Gasteiger partial charge is 0.488 e. The average molecular weight is 384 g/mol. The van der Waals surface area contributed by atoms with Crippen LogP contribution in [0.3, 0.4) is 0 Å². The van der Waals surface area contributed by atoms with Gasteiger partial charge < -0.3 is 20.5 Å².